The molecule has 7 heteroatoms. The summed E-state index contributed by atoms with van der Waals surface area (Å²) in [5, 5.41) is 0. The monoisotopic (exact) mass is 357 g/mol. The van der Waals surface area contributed by atoms with E-state index in [0.29, 0.717) is 24.4 Å². The highest BCUT2D eigenvalue weighted by atomic mass is 16.5. The third-order valence-corrected chi connectivity index (χ3v) is 4.88. The van der Waals surface area contributed by atoms with Crippen LogP contribution in [0.4, 0.5) is 17.5 Å². The second-order valence-electron chi connectivity index (χ2n) is 6.59. The van der Waals surface area contributed by atoms with Crippen LogP contribution in [0, 0.1) is 0 Å². The number of methoxy groups -OCH3 is 1. The van der Waals surface area contributed by atoms with Gasteiger partial charge in [0.2, 0.25) is 5.95 Å². The smallest absolute Gasteiger partial charge is 0.231 e. The Labute approximate surface area is 154 Å². The maximum atomic E-state index is 6.04. The summed E-state index contributed by atoms with van der Waals surface area (Å²) in [6.45, 7) is 1.84. The van der Waals surface area contributed by atoms with E-state index in [2.05, 4.69) is 21.9 Å². The molecule has 1 saturated heterocycles. The number of nitrogens with two attached hydrogens (primary N) is 1. The van der Waals surface area contributed by atoms with Crippen LogP contribution >= 0.6 is 0 Å². The standard InChI is InChI=1S/C19H27N5O2/c1-23-11-4-5-14(23)9-12-26-17-13-15(6-7-16(17)25-3)24(2)19-21-10-8-18(20)22-19/h6-8,10,13-14H,4-5,9,11-12H2,1-3H3,(H2,20,21,22). The van der Waals surface area contributed by atoms with Crippen molar-refractivity contribution >= 4 is 17.5 Å². The van der Waals surface area contributed by atoms with Crippen LogP contribution in [0.15, 0.2) is 30.5 Å². The molecule has 3 rings (SSSR count). The lowest BCUT2D eigenvalue weighted by Crippen LogP contribution is -2.26. The van der Waals surface area contributed by atoms with E-state index in [1.165, 1.54) is 19.4 Å². The van der Waals surface area contributed by atoms with Crippen LogP contribution in [0.2, 0.25) is 0 Å². The van der Waals surface area contributed by atoms with Crippen LogP contribution in [0.1, 0.15) is 19.3 Å². The van der Waals surface area contributed by atoms with Crippen molar-refractivity contribution in [2.75, 3.05) is 45.0 Å². The minimum Gasteiger partial charge on any atom is -0.493 e. The molecule has 0 radical (unpaired) electrons. The number of hydrogen-bond donors (Lipinski definition) is 1. The van der Waals surface area contributed by atoms with Gasteiger partial charge in [0.25, 0.3) is 0 Å². The molecule has 140 valence electrons. The predicted molar refractivity (Wildman–Crippen MR) is 103 cm³/mol. The summed E-state index contributed by atoms with van der Waals surface area (Å²) in [5.41, 5.74) is 6.67. The molecular formula is C19H27N5O2. The summed E-state index contributed by atoms with van der Waals surface area (Å²) in [6.07, 6.45) is 5.17. The highest BCUT2D eigenvalue weighted by Gasteiger charge is 2.20. The summed E-state index contributed by atoms with van der Waals surface area (Å²) in [6, 6.07) is 8.06. The van der Waals surface area contributed by atoms with Crippen molar-refractivity contribution in [1.82, 2.24) is 14.9 Å². The van der Waals surface area contributed by atoms with Crippen molar-refractivity contribution in [3.63, 3.8) is 0 Å². The molecule has 2 heterocycles. The van der Waals surface area contributed by atoms with E-state index in [4.69, 9.17) is 15.2 Å². The summed E-state index contributed by atoms with van der Waals surface area (Å²) in [5.74, 6) is 2.41. The van der Waals surface area contributed by atoms with Gasteiger partial charge in [-0.25, -0.2) is 4.98 Å². The maximum absolute atomic E-state index is 6.04. The van der Waals surface area contributed by atoms with Crippen molar-refractivity contribution in [2.24, 2.45) is 0 Å². The molecule has 1 aliphatic heterocycles. The molecule has 2 aromatic rings. The number of benzene rings is 1. The highest BCUT2D eigenvalue weighted by molar-refractivity contribution is 5.62. The SMILES string of the molecule is COc1ccc(N(C)c2nccc(N)n2)cc1OCCC1CCCN1C. The Kier molecular flexibility index (Phi) is 5.78. The van der Waals surface area contributed by atoms with Gasteiger partial charge in [0, 0.05) is 31.0 Å². The topological polar surface area (TPSA) is 76.7 Å². The second kappa shape index (κ2) is 8.23. The van der Waals surface area contributed by atoms with Crippen molar-refractivity contribution < 1.29 is 9.47 Å². The van der Waals surface area contributed by atoms with Gasteiger partial charge in [0.05, 0.1) is 13.7 Å². The minimum atomic E-state index is 0.438. The molecule has 0 spiro atoms. The molecule has 0 amide bonds. The largest absolute Gasteiger partial charge is 0.493 e. The summed E-state index contributed by atoms with van der Waals surface area (Å²) in [4.78, 5) is 12.8. The average molecular weight is 357 g/mol. The number of aromatic nitrogens is 2. The number of rotatable bonds is 7. The Morgan fingerprint density at radius 2 is 2.15 bits per heavy atom. The van der Waals surface area contributed by atoms with E-state index < -0.39 is 0 Å². The van der Waals surface area contributed by atoms with Crippen LogP contribution < -0.4 is 20.1 Å². The Hall–Kier alpha value is -2.54. The first-order valence-electron chi connectivity index (χ1n) is 8.92. The fourth-order valence-electron chi connectivity index (χ4n) is 3.27. The summed E-state index contributed by atoms with van der Waals surface area (Å²) < 4.78 is 11.5. The quantitative estimate of drug-likeness (QED) is 0.816. The molecule has 1 aliphatic rings. The summed E-state index contributed by atoms with van der Waals surface area (Å²) in [7, 11) is 5.73. The number of ether oxygens (including phenoxy) is 2. The van der Waals surface area contributed by atoms with Crippen LogP contribution in [0.5, 0.6) is 11.5 Å². The molecule has 1 aromatic heterocycles. The van der Waals surface area contributed by atoms with Gasteiger partial charge >= 0.3 is 0 Å². The Morgan fingerprint density at radius 1 is 1.31 bits per heavy atom. The van der Waals surface area contributed by atoms with Crippen molar-refractivity contribution in [1.29, 1.82) is 0 Å². The van der Waals surface area contributed by atoms with Crippen LogP contribution in [0.25, 0.3) is 0 Å². The Morgan fingerprint density at radius 3 is 2.85 bits per heavy atom. The normalized spacial score (nSPS) is 17.3. The molecule has 1 aromatic carbocycles. The molecule has 1 atom stereocenters. The van der Waals surface area contributed by atoms with Crippen LogP contribution in [0.3, 0.4) is 0 Å². The maximum Gasteiger partial charge on any atom is 0.231 e. The molecule has 0 bridgehead atoms. The highest BCUT2D eigenvalue weighted by Crippen LogP contribution is 2.33. The number of nitrogen functional groups attached to an aromatic ring is 1. The minimum absolute atomic E-state index is 0.438. The van der Waals surface area contributed by atoms with Crippen molar-refractivity contribution in [2.45, 2.75) is 25.3 Å². The molecule has 7 nitrogen and oxygen atoms in total. The first-order chi connectivity index (χ1) is 12.6. The number of likely N-dealkylation sites (tertiary alicyclic amines) is 1. The zero-order chi connectivity index (χ0) is 18.5. The molecule has 1 fully saturated rings. The van der Waals surface area contributed by atoms with Gasteiger partial charge in [-0.05, 0) is 51.1 Å². The van der Waals surface area contributed by atoms with Gasteiger partial charge in [0.15, 0.2) is 11.5 Å². The van der Waals surface area contributed by atoms with E-state index in [0.717, 1.165) is 23.6 Å². The van der Waals surface area contributed by atoms with Gasteiger partial charge < -0.3 is 25.0 Å². The Balaban J connectivity index is 1.71. The molecule has 2 N–H and O–H groups in total. The molecular weight excluding hydrogens is 330 g/mol. The van der Waals surface area contributed by atoms with E-state index in [9.17, 15) is 0 Å². The van der Waals surface area contributed by atoms with Gasteiger partial charge in [-0.15, -0.1) is 0 Å². The fraction of sp³-hybridized carbons (Fsp3) is 0.474. The van der Waals surface area contributed by atoms with E-state index in [1.807, 2.05) is 30.1 Å². The zero-order valence-electron chi connectivity index (χ0n) is 15.7. The number of anilines is 3. The second-order valence-corrected chi connectivity index (χ2v) is 6.59. The first-order valence-corrected chi connectivity index (χ1v) is 8.92. The lowest BCUT2D eigenvalue weighted by molar-refractivity contribution is 0.227. The van der Waals surface area contributed by atoms with Gasteiger partial charge in [-0.1, -0.05) is 0 Å². The predicted octanol–water partition coefficient (Wildman–Crippen LogP) is 2.70. The lowest BCUT2D eigenvalue weighted by atomic mass is 10.1. The van der Waals surface area contributed by atoms with Crippen LogP contribution in [-0.2, 0) is 0 Å². The zero-order valence-corrected chi connectivity index (χ0v) is 15.7. The van der Waals surface area contributed by atoms with E-state index in [1.54, 1.807) is 19.4 Å². The fourth-order valence-corrected chi connectivity index (χ4v) is 3.27. The van der Waals surface area contributed by atoms with Crippen molar-refractivity contribution in [3.05, 3.63) is 30.5 Å². The lowest BCUT2D eigenvalue weighted by Gasteiger charge is -2.21. The Bertz CT molecular complexity index is 740. The molecule has 26 heavy (non-hydrogen) atoms. The van der Waals surface area contributed by atoms with E-state index >= 15 is 0 Å². The average Bonchev–Trinajstić information content (AvgIpc) is 3.06. The van der Waals surface area contributed by atoms with Gasteiger partial charge in [-0.3, -0.25) is 0 Å². The molecule has 1 unspecified atom stereocenters. The van der Waals surface area contributed by atoms with Crippen molar-refractivity contribution in [3.8, 4) is 11.5 Å². The number of hydrogen-bond acceptors (Lipinski definition) is 7. The summed E-state index contributed by atoms with van der Waals surface area (Å²) >= 11 is 0. The van der Waals surface area contributed by atoms with Gasteiger partial charge in [-0.2, -0.15) is 4.98 Å². The first kappa shape index (κ1) is 18.3. The third kappa shape index (κ3) is 4.16. The van der Waals surface area contributed by atoms with E-state index in [-0.39, 0.29) is 0 Å². The molecule has 0 saturated carbocycles. The molecule has 0 aliphatic carbocycles. The van der Waals surface area contributed by atoms with Gasteiger partial charge in [0.1, 0.15) is 5.82 Å². The third-order valence-electron chi connectivity index (χ3n) is 4.88. The number of nitrogens with zero attached hydrogens (tertiary/aromatic N) is 4. The van der Waals surface area contributed by atoms with Crippen LogP contribution in [-0.4, -0.2) is 55.3 Å².